The van der Waals surface area contributed by atoms with Gasteiger partial charge < -0.3 is 5.11 Å². The number of hydrogen-bond acceptors (Lipinski definition) is 1. The number of benzene rings is 1. The lowest BCUT2D eigenvalue weighted by atomic mass is 10.1. The summed E-state index contributed by atoms with van der Waals surface area (Å²) >= 11 is 0. The Labute approximate surface area is 67.0 Å². The quantitative estimate of drug-likeness (QED) is 0.636. The average Bonchev–Trinajstić information content (AvgIpc) is 1.97. The van der Waals surface area contributed by atoms with Crippen LogP contribution in [0.4, 0.5) is 0 Å². The number of allylic oxidation sites excluding steroid dienone is 1. The molecule has 0 aromatic heterocycles. The van der Waals surface area contributed by atoms with Crippen LogP contribution in [0.1, 0.15) is 11.1 Å². The normalized spacial score (nSPS) is 9.55. The Balaban J connectivity index is 3.09. The summed E-state index contributed by atoms with van der Waals surface area (Å²) < 4.78 is 0. The molecule has 1 rings (SSSR count). The Bertz CT molecular complexity index is 243. The van der Waals surface area contributed by atoms with Gasteiger partial charge in [-0.05, 0) is 31.0 Å². The lowest BCUT2D eigenvalue weighted by Crippen LogP contribution is -1.86. The summed E-state index contributed by atoms with van der Waals surface area (Å²) in [4.78, 5) is 0. The fraction of sp³-hybridized carbons (Fsp3) is 0.200. The molecule has 0 saturated heterocycles. The largest absolute Gasteiger partial charge is 0.508 e. The molecule has 1 heteroatoms. The van der Waals surface area contributed by atoms with Crippen molar-refractivity contribution in [2.24, 2.45) is 0 Å². The minimum absolute atomic E-state index is 0.334. The molecule has 0 heterocycles. The van der Waals surface area contributed by atoms with Gasteiger partial charge in [-0.2, -0.15) is 0 Å². The van der Waals surface area contributed by atoms with Crippen molar-refractivity contribution in [3.63, 3.8) is 0 Å². The van der Waals surface area contributed by atoms with Gasteiger partial charge in [0.2, 0.25) is 0 Å². The fourth-order valence-electron chi connectivity index (χ4n) is 1.03. The van der Waals surface area contributed by atoms with Crippen LogP contribution in [-0.2, 0) is 6.42 Å². The Hall–Kier alpha value is -1.24. The fourth-order valence-corrected chi connectivity index (χ4v) is 1.03. The van der Waals surface area contributed by atoms with Gasteiger partial charge in [0.1, 0.15) is 5.75 Å². The molecule has 0 spiro atoms. The number of aryl methyl sites for hydroxylation is 1. The zero-order valence-corrected chi connectivity index (χ0v) is 6.59. The number of rotatable bonds is 2. The van der Waals surface area contributed by atoms with Crippen LogP contribution in [0, 0.1) is 13.0 Å². The number of phenolic OH excluding ortho intramolecular Hbond substituents is 1. The van der Waals surface area contributed by atoms with Crippen LogP contribution < -0.4 is 0 Å². The lowest BCUT2D eigenvalue weighted by molar-refractivity contribution is 0.469. The van der Waals surface area contributed by atoms with Gasteiger partial charge in [-0.1, -0.05) is 12.1 Å². The number of phenols is 1. The average molecular weight is 147 g/mol. The second kappa shape index (κ2) is 3.24. The van der Waals surface area contributed by atoms with Gasteiger partial charge in [-0.3, -0.25) is 0 Å². The first-order valence-corrected chi connectivity index (χ1v) is 3.55. The van der Waals surface area contributed by atoms with Crippen molar-refractivity contribution in [3.05, 3.63) is 42.0 Å². The lowest BCUT2D eigenvalue weighted by Gasteiger charge is -2.03. The van der Waals surface area contributed by atoms with Gasteiger partial charge in [-0.15, -0.1) is 6.58 Å². The van der Waals surface area contributed by atoms with Gasteiger partial charge in [0.25, 0.3) is 0 Å². The summed E-state index contributed by atoms with van der Waals surface area (Å²) in [5.41, 5.74) is 1.91. The molecule has 11 heavy (non-hydrogen) atoms. The molecule has 0 saturated carbocycles. The highest BCUT2D eigenvalue weighted by Crippen LogP contribution is 2.20. The Morgan fingerprint density at radius 3 is 3.00 bits per heavy atom. The van der Waals surface area contributed by atoms with Crippen molar-refractivity contribution in [3.8, 4) is 5.75 Å². The first kappa shape index (κ1) is 7.86. The maximum atomic E-state index is 9.35. The molecule has 0 bridgehead atoms. The SMILES string of the molecule is C=CCc1c(C)[c]ccc1O. The number of hydrogen-bond donors (Lipinski definition) is 1. The third-order valence-corrected chi connectivity index (χ3v) is 1.65. The molecule has 1 nitrogen and oxygen atoms in total. The van der Waals surface area contributed by atoms with Crippen LogP contribution in [0.5, 0.6) is 5.75 Å². The summed E-state index contributed by atoms with van der Waals surface area (Å²) in [6.45, 7) is 5.54. The maximum absolute atomic E-state index is 9.35. The highest BCUT2D eigenvalue weighted by atomic mass is 16.3. The molecule has 0 aliphatic heterocycles. The summed E-state index contributed by atoms with van der Waals surface area (Å²) in [7, 11) is 0. The van der Waals surface area contributed by atoms with Gasteiger partial charge in [0.15, 0.2) is 0 Å². The number of aromatic hydroxyl groups is 1. The molecular weight excluding hydrogens is 136 g/mol. The van der Waals surface area contributed by atoms with E-state index in [1.165, 1.54) is 0 Å². The van der Waals surface area contributed by atoms with Crippen molar-refractivity contribution in [1.82, 2.24) is 0 Å². The molecule has 0 amide bonds. The monoisotopic (exact) mass is 147 g/mol. The second-order valence-electron chi connectivity index (χ2n) is 2.46. The highest BCUT2D eigenvalue weighted by molar-refractivity contribution is 5.38. The van der Waals surface area contributed by atoms with Crippen molar-refractivity contribution in [1.29, 1.82) is 0 Å². The molecule has 1 radical (unpaired) electrons. The molecule has 1 N–H and O–H groups in total. The van der Waals surface area contributed by atoms with E-state index in [4.69, 9.17) is 0 Å². The zero-order chi connectivity index (χ0) is 8.27. The van der Waals surface area contributed by atoms with E-state index in [0.717, 1.165) is 11.1 Å². The van der Waals surface area contributed by atoms with Gasteiger partial charge in [-0.25, -0.2) is 0 Å². The molecule has 57 valence electrons. The predicted molar refractivity (Wildman–Crippen MR) is 45.6 cm³/mol. The minimum Gasteiger partial charge on any atom is -0.508 e. The first-order chi connectivity index (χ1) is 5.25. The molecule has 0 atom stereocenters. The molecule has 1 aromatic carbocycles. The molecule has 0 aliphatic carbocycles. The van der Waals surface area contributed by atoms with Crippen LogP contribution in [-0.4, -0.2) is 5.11 Å². The van der Waals surface area contributed by atoms with Crippen LogP contribution >= 0.6 is 0 Å². The van der Waals surface area contributed by atoms with Crippen LogP contribution in [0.15, 0.2) is 24.8 Å². The van der Waals surface area contributed by atoms with E-state index < -0.39 is 0 Å². The smallest absolute Gasteiger partial charge is 0.119 e. The molecule has 0 aliphatic rings. The third-order valence-electron chi connectivity index (χ3n) is 1.65. The van der Waals surface area contributed by atoms with E-state index in [1.807, 2.05) is 6.92 Å². The van der Waals surface area contributed by atoms with E-state index in [0.29, 0.717) is 12.2 Å². The first-order valence-electron chi connectivity index (χ1n) is 3.55. The standard InChI is InChI=1S/C10H11O/c1-3-5-9-8(2)6-4-7-10(9)11/h3-4,7,11H,1,5H2,2H3. The van der Waals surface area contributed by atoms with Gasteiger partial charge in [0, 0.05) is 5.56 Å². The maximum Gasteiger partial charge on any atom is 0.119 e. The Kier molecular flexibility index (Phi) is 2.32. The molecule has 0 unspecified atom stereocenters. The van der Waals surface area contributed by atoms with Crippen LogP contribution in [0.2, 0.25) is 0 Å². The van der Waals surface area contributed by atoms with E-state index >= 15 is 0 Å². The van der Waals surface area contributed by atoms with Crippen molar-refractivity contribution >= 4 is 0 Å². The van der Waals surface area contributed by atoms with E-state index in [-0.39, 0.29) is 0 Å². The summed E-state index contributed by atoms with van der Waals surface area (Å²) in [6.07, 6.45) is 2.48. The molecular formula is C10H11O. The third kappa shape index (κ3) is 1.61. The summed E-state index contributed by atoms with van der Waals surface area (Å²) in [6, 6.07) is 6.38. The Morgan fingerprint density at radius 1 is 1.73 bits per heavy atom. The highest BCUT2D eigenvalue weighted by Gasteiger charge is 2.00. The predicted octanol–water partition coefficient (Wildman–Crippen LogP) is 2.23. The minimum atomic E-state index is 0.334. The zero-order valence-electron chi connectivity index (χ0n) is 6.59. The van der Waals surface area contributed by atoms with E-state index in [1.54, 1.807) is 18.2 Å². The molecule has 1 aromatic rings. The molecule has 0 fully saturated rings. The Morgan fingerprint density at radius 2 is 2.45 bits per heavy atom. The van der Waals surface area contributed by atoms with Crippen LogP contribution in [0.3, 0.4) is 0 Å². The summed E-state index contributed by atoms with van der Waals surface area (Å²) in [5, 5.41) is 9.35. The van der Waals surface area contributed by atoms with Gasteiger partial charge >= 0.3 is 0 Å². The summed E-state index contributed by atoms with van der Waals surface area (Å²) in [5.74, 6) is 0.334. The van der Waals surface area contributed by atoms with Crippen molar-refractivity contribution < 1.29 is 5.11 Å². The van der Waals surface area contributed by atoms with Crippen LogP contribution in [0.25, 0.3) is 0 Å². The second-order valence-corrected chi connectivity index (χ2v) is 2.46. The van der Waals surface area contributed by atoms with Crippen molar-refractivity contribution in [2.45, 2.75) is 13.3 Å². The van der Waals surface area contributed by atoms with Gasteiger partial charge in [0.05, 0.1) is 0 Å². The van der Waals surface area contributed by atoms with E-state index in [2.05, 4.69) is 12.6 Å². The van der Waals surface area contributed by atoms with E-state index in [9.17, 15) is 5.11 Å². The van der Waals surface area contributed by atoms with Crippen molar-refractivity contribution in [2.75, 3.05) is 0 Å². The topological polar surface area (TPSA) is 20.2 Å².